The van der Waals surface area contributed by atoms with Gasteiger partial charge in [-0.05, 0) is 54.0 Å². The van der Waals surface area contributed by atoms with E-state index in [0.29, 0.717) is 5.56 Å². The molecule has 1 aromatic carbocycles. The van der Waals surface area contributed by atoms with E-state index in [2.05, 4.69) is 0 Å². The van der Waals surface area contributed by atoms with E-state index in [9.17, 15) is 29.6 Å². The fraction of sp³-hybridized carbons (Fsp3) is 0.609. The quantitative estimate of drug-likeness (QED) is 0.320. The summed E-state index contributed by atoms with van der Waals surface area (Å²) in [5.74, 6) is -5.96. The minimum atomic E-state index is -1.80. The van der Waals surface area contributed by atoms with Crippen LogP contribution in [0.3, 0.4) is 0 Å². The minimum absolute atomic E-state index is 0.190. The fourth-order valence-electron chi connectivity index (χ4n) is 3.96. The Hall–Kier alpha value is -2.81. The van der Waals surface area contributed by atoms with Crippen LogP contribution in [0.4, 0.5) is 5.69 Å². The zero-order valence-electron chi connectivity index (χ0n) is 19.5. The first kappa shape index (κ1) is 25.5. The fourth-order valence-corrected chi connectivity index (χ4v) is 3.96. The number of Topliss-reactive ketones (excluding diaryl/α,β-unsaturated/α-hetero) is 1. The van der Waals surface area contributed by atoms with Gasteiger partial charge in [0.15, 0.2) is 5.78 Å². The van der Waals surface area contributed by atoms with Crippen molar-refractivity contribution in [3.05, 3.63) is 39.9 Å². The molecule has 0 aromatic heterocycles. The molecule has 1 aliphatic rings. The van der Waals surface area contributed by atoms with Crippen LogP contribution in [0.25, 0.3) is 0 Å². The summed E-state index contributed by atoms with van der Waals surface area (Å²) >= 11 is 0. The first-order chi connectivity index (χ1) is 14.4. The largest absolute Gasteiger partial charge is 0.460 e. The van der Waals surface area contributed by atoms with Crippen LogP contribution in [0.5, 0.6) is 0 Å². The Morgan fingerprint density at radius 1 is 1.03 bits per heavy atom. The van der Waals surface area contributed by atoms with Gasteiger partial charge in [0.2, 0.25) is 0 Å². The van der Waals surface area contributed by atoms with E-state index in [-0.39, 0.29) is 5.69 Å². The third kappa shape index (κ3) is 5.91. The van der Waals surface area contributed by atoms with E-state index in [1.165, 1.54) is 31.2 Å². The molecule has 9 nitrogen and oxygen atoms in total. The normalized spacial score (nSPS) is 26.4. The summed E-state index contributed by atoms with van der Waals surface area (Å²) in [4.78, 5) is 49.8. The molecule has 32 heavy (non-hydrogen) atoms. The molecule has 2 rings (SSSR count). The van der Waals surface area contributed by atoms with Gasteiger partial charge in [0.1, 0.15) is 17.1 Å². The number of nitrogens with zero attached hydrogens (tertiary/aromatic N) is 1. The van der Waals surface area contributed by atoms with Gasteiger partial charge in [-0.1, -0.05) is 12.1 Å². The molecule has 0 radical (unpaired) electrons. The van der Waals surface area contributed by atoms with Crippen molar-refractivity contribution in [1.82, 2.24) is 0 Å². The monoisotopic (exact) mass is 449 g/mol. The second kappa shape index (κ2) is 8.61. The summed E-state index contributed by atoms with van der Waals surface area (Å²) in [6, 6.07) is 5.21. The lowest BCUT2D eigenvalue weighted by Crippen LogP contribution is -2.56. The average molecular weight is 450 g/mol. The maximum absolute atomic E-state index is 13.2. The van der Waals surface area contributed by atoms with Crippen LogP contribution in [0, 0.1) is 22.0 Å². The Balaban J connectivity index is 2.66. The van der Waals surface area contributed by atoms with Gasteiger partial charge in [-0.15, -0.1) is 0 Å². The zero-order chi connectivity index (χ0) is 24.6. The number of nitro benzene ring substituents is 1. The standard InChI is InChI=1S/C23H31NO8/c1-21(2,3)31-19(26)17-15(25)12-23(7,28)18(20(27)32-22(4,5)6)16(17)13-8-10-14(11-9-13)24(29)30/h8-11,16-18,28H,12H2,1-7H3/t16-,17-,18+,23+/m1/s1. The van der Waals surface area contributed by atoms with Gasteiger partial charge in [0, 0.05) is 24.5 Å². The molecular formula is C23H31NO8. The van der Waals surface area contributed by atoms with Gasteiger partial charge in [0.25, 0.3) is 5.69 Å². The summed E-state index contributed by atoms with van der Waals surface area (Å²) in [5.41, 5.74) is -3.44. The molecule has 1 N–H and O–H groups in total. The molecule has 0 amide bonds. The Morgan fingerprint density at radius 2 is 1.50 bits per heavy atom. The lowest BCUT2D eigenvalue weighted by Gasteiger charge is -2.44. The number of ketones is 1. The van der Waals surface area contributed by atoms with Gasteiger partial charge >= 0.3 is 11.9 Å². The van der Waals surface area contributed by atoms with Crippen LogP contribution in [-0.2, 0) is 23.9 Å². The molecule has 0 saturated heterocycles. The molecule has 0 bridgehead atoms. The van der Waals surface area contributed by atoms with Crippen LogP contribution >= 0.6 is 0 Å². The summed E-state index contributed by atoms with van der Waals surface area (Å²) < 4.78 is 11.0. The lowest BCUT2D eigenvalue weighted by molar-refractivity contribution is -0.384. The summed E-state index contributed by atoms with van der Waals surface area (Å²) in [5, 5.41) is 22.2. The number of esters is 2. The maximum atomic E-state index is 13.2. The van der Waals surface area contributed by atoms with Gasteiger partial charge in [-0.3, -0.25) is 24.5 Å². The molecule has 1 aliphatic carbocycles. The Morgan fingerprint density at radius 3 is 1.94 bits per heavy atom. The van der Waals surface area contributed by atoms with Crippen LogP contribution in [0.15, 0.2) is 24.3 Å². The summed E-state index contributed by atoms with van der Waals surface area (Å²) in [7, 11) is 0. The van der Waals surface area contributed by atoms with Crippen molar-refractivity contribution < 1.29 is 33.9 Å². The molecule has 1 saturated carbocycles. The molecule has 176 valence electrons. The maximum Gasteiger partial charge on any atom is 0.317 e. The van der Waals surface area contributed by atoms with Gasteiger partial charge < -0.3 is 14.6 Å². The van der Waals surface area contributed by atoms with Gasteiger partial charge in [0.05, 0.1) is 16.4 Å². The van der Waals surface area contributed by atoms with Gasteiger partial charge in [-0.2, -0.15) is 0 Å². The Labute approximate surface area is 187 Å². The summed E-state index contributed by atoms with van der Waals surface area (Å²) in [6.45, 7) is 11.3. The molecule has 0 heterocycles. The smallest absolute Gasteiger partial charge is 0.317 e. The number of rotatable bonds is 4. The number of ether oxygens (including phenoxy) is 2. The van der Waals surface area contributed by atoms with Gasteiger partial charge in [-0.25, -0.2) is 0 Å². The van der Waals surface area contributed by atoms with Crippen molar-refractivity contribution in [2.45, 2.75) is 77.6 Å². The predicted molar refractivity (Wildman–Crippen MR) is 115 cm³/mol. The number of benzene rings is 1. The van der Waals surface area contributed by atoms with Crippen molar-refractivity contribution in [1.29, 1.82) is 0 Å². The number of carbonyl (C=O) groups is 3. The third-order valence-corrected chi connectivity index (χ3v) is 5.08. The molecule has 0 spiro atoms. The van der Waals surface area contributed by atoms with Crippen LogP contribution in [-0.4, -0.2) is 44.6 Å². The van der Waals surface area contributed by atoms with Crippen molar-refractivity contribution in [3.8, 4) is 0 Å². The SMILES string of the molecule is CC(C)(C)OC(=O)[C@@H]1C(=O)C[C@](C)(O)[C@H](C(=O)OC(C)(C)C)[C@@H]1c1ccc([N+](=O)[O-])cc1. The molecule has 4 atom stereocenters. The highest BCUT2D eigenvalue weighted by atomic mass is 16.6. The van der Waals surface area contributed by atoms with E-state index >= 15 is 0 Å². The first-order valence-electron chi connectivity index (χ1n) is 10.4. The molecular weight excluding hydrogens is 418 g/mol. The molecule has 0 unspecified atom stereocenters. The topological polar surface area (TPSA) is 133 Å². The highest BCUT2D eigenvalue weighted by Crippen LogP contribution is 2.47. The highest BCUT2D eigenvalue weighted by molar-refractivity contribution is 6.03. The Kier molecular flexibility index (Phi) is 6.85. The second-order valence-corrected chi connectivity index (χ2v) is 10.4. The van der Waals surface area contributed by atoms with Crippen molar-refractivity contribution in [2.24, 2.45) is 11.8 Å². The molecule has 0 aliphatic heterocycles. The van der Waals surface area contributed by atoms with Crippen molar-refractivity contribution in [2.75, 3.05) is 0 Å². The average Bonchev–Trinajstić information content (AvgIpc) is 2.56. The highest BCUT2D eigenvalue weighted by Gasteiger charge is 2.57. The minimum Gasteiger partial charge on any atom is -0.460 e. The molecule has 1 aromatic rings. The number of nitro groups is 1. The third-order valence-electron chi connectivity index (χ3n) is 5.08. The number of non-ortho nitro benzene ring substituents is 1. The van der Waals surface area contributed by atoms with E-state index in [4.69, 9.17) is 9.47 Å². The first-order valence-corrected chi connectivity index (χ1v) is 10.4. The summed E-state index contributed by atoms with van der Waals surface area (Å²) in [6.07, 6.45) is -0.440. The van der Waals surface area contributed by atoms with Crippen LogP contribution in [0.2, 0.25) is 0 Å². The van der Waals surface area contributed by atoms with E-state index in [0.717, 1.165) is 0 Å². The zero-order valence-corrected chi connectivity index (χ0v) is 19.5. The van der Waals surface area contributed by atoms with Crippen molar-refractivity contribution in [3.63, 3.8) is 0 Å². The molecule has 1 fully saturated rings. The lowest BCUT2D eigenvalue weighted by atomic mass is 9.61. The second-order valence-electron chi connectivity index (χ2n) is 10.4. The number of hydrogen-bond donors (Lipinski definition) is 1. The van der Waals surface area contributed by atoms with E-state index < -0.39 is 63.6 Å². The van der Waals surface area contributed by atoms with Crippen LogP contribution in [0.1, 0.15) is 66.4 Å². The molecule has 9 heteroatoms. The predicted octanol–water partition coefficient (Wildman–Crippen LogP) is 3.32. The number of hydrogen-bond acceptors (Lipinski definition) is 8. The van der Waals surface area contributed by atoms with E-state index in [1.54, 1.807) is 41.5 Å². The van der Waals surface area contributed by atoms with Crippen LogP contribution < -0.4 is 0 Å². The van der Waals surface area contributed by atoms with E-state index in [1.807, 2.05) is 0 Å². The number of aliphatic hydroxyl groups is 1. The van der Waals surface area contributed by atoms with Crippen molar-refractivity contribution >= 4 is 23.4 Å². The number of carbonyl (C=O) groups excluding carboxylic acids is 3. The Bertz CT molecular complexity index is 905.